The summed E-state index contributed by atoms with van der Waals surface area (Å²) in [4.78, 5) is 4.19. The van der Waals surface area contributed by atoms with E-state index in [0.717, 1.165) is 25.2 Å². The minimum absolute atomic E-state index is 0.626. The van der Waals surface area contributed by atoms with Crippen molar-refractivity contribution in [3.05, 3.63) is 18.2 Å². The molecule has 64 valence electrons. The van der Waals surface area contributed by atoms with Crippen LogP contribution in [0.5, 0.6) is 0 Å². The Labute approximate surface area is 72.7 Å². The fourth-order valence-corrected chi connectivity index (χ4v) is 1.19. The minimum Gasteiger partial charge on any atom is -0.335 e. The Balaban J connectivity index is 2.46. The second kappa shape index (κ2) is 4.55. The average molecular weight is 163 g/mol. The molecule has 0 saturated carbocycles. The third-order valence-electron chi connectivity index (χ3n) is 1.81. The van der Waals surface area contributed by atoms with E-state index in [0.29, 0.717) is 6.42 Å². The van der Waals surface area contributed by atoms with Crippen molar-refractivity contribution in [1.29, 1.82) is 5.26 Å². The van der Waals surface area contributed by atoms with E-state index in [2.05, 4.69) is 22.5 Å². The summed E-state index contributed by atoms with van der Waals surface area (Å²) in [5.41, 5.74) is 0. The van der Waals surface area contributed by atoms with Gasteiger partial charge in [0.1, 0.15) is 5.82 Å². The Bertz CT molecular complexity index is 270. The molecule has 3 nitrogen and oxygen atoms in total. The molecule has 0 atom stereocenters. The number of unbranched alkanes of at least 4 members (excludes halogenated alkanes) is 1. The summed E-state index contributed by atoms with van der Waals surface area (Å²) in [5, 5.41) is 8.35. The second-order valence-corrected chi connectivity index (χ2v) is 2.65. The van der Waals surface area contributed by atoms with E-state index in [1.807, 2.05) is 12.4 Å². The number of imidazole rings is 1. The molecule has 0 aliphatic carbocycles. The molecule has 1 rings (SSSR count). The van der Waals surface area contributed by atoms with E-state index < -0.39 is 0 Å². The van der Waals surface area contributed by atoms with Crippen molar-refractivity contribution in [3.63, 3.8) is 0 Å². The fraction of sp³-hybridized carbons (Fsp3) is 0.556. The van der Waals surface area contributed by atoms with Gasteiger partial charge in [-0.05, 0) is 6.42 Å². The number of hydrogen-bond donors (Lipinski definition) is 0. The van der Waals surface area contributed by atoms with Crippen LogP contribution in [0.2, 0.25) is 0 Å². The van der Waals surface area contributed by atoms with Crippen LogP contribution in [-0.4, -0.2) is 9.55 Å². The van der Waals surface area contributed by atoms with E-state index >= 15 is 0 Å². The summed E-state index contributed by atoms with van der Waals surface area (Å²) < 4.78 is 2.11. The molecule has 0 fully saturated rings. The zero-order chi connectivity index (χ0) is 8.81. The molecule has 1 heterocycles. The first-order chi connectivity index (χ1) is 5.88. The van der Waals surface area contributed by atoms with Crippen LogP contribution in [0.3, 0.4) is 0 Å². The Morgan fingerprint density at radius 3 is 3.17 bits per heavy atom. The van der Waals surface area contributed by atoms with Crippen LogP contribution in [0.4, 0.5) is 0 Å². The summed E-state index contributed by atoms with van der Waals surface area (Å²) in [6.45, 7) is 3.00. The standard InChI is InChI=1S/C9H13N3/c1-2-9-11-6-8-12(9)7-4-3-5-10/h6,8H,2-4,7H2,1H3. The average Bonchev–Trinajstić information content (AvgIpc) is 2.52. The summed E-state index contributed by atoms with van der Waals surface area (Å²) in [6, 6.07) is 2.13. The first kappa shape index (κ1) is 8.79. The normalized spacial score (nSPS) is 9.67. The van der Waals surface area contributed by atoms with Crippen LogP contribution in [0.25, 0.3) is 0 Å². The summed E-state index contributed by atoms with van der Waals surface area (Å²) in [7, 11) is 0. The molecule has 0 saturated heterocycles. The number of rotatable bonds is 4. The van der Waals surface area contributed by atoms with Crippen LogP contribution < -0.4 is 0 Å². The van der Waals surface area contributed by atoms with Gasteiger partial charge in [-0.25, -0.2) is 4.98 Å². The quantitative estimate of drug-likeness (QED) is 0.634. The van der Waals surface area contributed by atoms with Gasteiger partial charge in [-0.3, -0.25) is 0 Å². The first-order valence-corrected chi connectivity index (χ1v) is 4.25. The Morgan fingerprint density at radius 2 is 2.50 bits per heavy atom. The van der Waals surface area contributed by atoms with Crippen molar-refractivity contribution in [2.45, 2.75) is 32.7 Å². The van der Waals surface area contributed by atoms with Gasteiger partial charge in [-0.15, -0.1) is 0 Å². The Morgan fingerprint density at radius 1 is 1.67 bits per heavy atom. The lowest BCUT2D eigenvalue weighted by atomic mass is 10.3. The predicted molar refractivity (Wildman–Crippen MR) is 46.5 cm³/mol. The maximum absolute atomic E-state index is 8.35. The van der Waals surface area contributed by atoms with Crippen molar-refractivity contribution in [3.8, 4) is 6.07 Å². The molecule has 0 aromatic carbocycles. The SMILES string of the molecule is CCc1nccn1CCCC#N. The van der Waals surface area contributed by atoms with Crippen molar-refractivity contribution >= 4 is 0 Å². The minimum atomic E-state index is 0.626. The highest BCUT2D eigenvalue weighted by Crippen LogP contribution is 2.01. The zero-order valence-electron chi connectivity index (χ0n) is 7.32. The highest BCUT2D eigenvalue weighted by molar-refractivity contribution is 4.91. The van der Waals surface area contributed by atoms with Gasteiger partial charge in [0, 0.05) is 31.8 Å². The van der Waals surface area contributed by atoms with Crippen LogP contribution in [0, 0.1) is 11.3 Å². The van der Waals surface area contributed by atoms with Gasteiger partial charge in [0.05, 0.1) is 6.07 Å². The van der Waals surface area contributed by atoms with Crippen LogP contribution in [0.15, 0.2) is 12.4 Å². The molecule has 0 bridgehead atoms. The topological polar surface area (TPSA) is 41.6 Å². The van der Waals surface area contributed by atoms with Gasteiger partial charge in [0.15, 0.2) is 0 Å². The Hall–Kier alpha value is -1.30. The Kier molecular flexibility index (Phi) is 3.34. The summed E-state index contributed by atoms with van der Waals surface area (Å²) in [5.74, 6) is 1.10. The summed E-state index contributed by atoms with van der Waals surface area (Å²) in [6.07, 6.45) is 6.28. The number of aryl methyl sites for hydroxylation is 2. The smallest absolute Gasteiger partial charge is 0.108 e. The zero-order valence-corrected chi connectivity index (χ0v) is 7.32. The van der Waals surface area contributed by atoms with Crippen LogP contribution >= 0.6 is 0 Å². The second-order valence-electron chi connectivity index (χ2n) is 2.65. The highest BCUT2D eigenvalue weighted by atomic mass is 15.1. The van der Waals surface area contributed by atoms with Crippen molar-refractivity contribution in [2.24, 2.45) is 0 Å². The molecule has 0 spiro atoms. The lowest BCUT2D eigenvalue weighted by molar-refractivity contribution is 0.622. The highest BCUT2D eigenvalue weighted by Gasteiger charge is 1.97. The van der Waals surface area contributed by atoms with Gasteiger partial charge in [-0.1, -0.05) is 6.92 Å². The molecule has 0 aliphatic rings. The molecule has 0 N–H and O–H groups in total. The maximum Gasteiger partial charge on any atom is 0.108 e. The van der Waals surface area contributed by atoms with E-state index in [1.54, 1.807) is 0 Å². The molecule has 0 amide bonds. The number of hydrogen-bond acceptors (Lipinski definition) is 2. The summed E-state index contributed by atoms with van der Waals surface area (Å²) >= 11 is 0. The lowest BCUT2D eigenvalue weighted by Crippen LogP contribution is -2.01. The molecule has 0 unspecified atom stereocenters. The first-order valence-electron chi connectivity index (χ1n) is 4.25. The molecular weight excluding hydrogens is 150 g/mol. The van der Waals surface area contributed by atoms with Crippen LogP contribution in [0.1, 0.15) is 25.6 Å². The predicted octanol–water partition coefficient (Wildman–Crippen LogP) is 1.75. The van der Waals surface area contributed by atoms with E-state index in [4.69, 9.17) is 5.26 Å². The number of nitriles is 1. The van der Waals surface area contributed by atoms with Crippen molar-refractivity contribution < 1.29 is 0 Å². The number of aromatic nitrogens is 2. The van der Waals surface area contributed by atoms with E-state index in [9.17, 15) is 0 Å². The maximum atomic E-state index is 8.35. The molecule has 3 heteroatoms. The number of nitrogens with zero attached hydrogens (tertiary/aromatic N) is 3. The third kappa shape index (κ3) is 2.09. The van der Waals surface area contributed by atoms with Gasteiger partial charge < -0.3 is 4.57 Å². The van der Waals surface area contributed by atoms with Crippen LogP contribution in [-0.2, 0) is 13.0 Å². The van der Waals surface area contributed by atoms with Gasteiger partial charge in [-0.2, -0.15) is 5.26 Å². The molecular formula is C9H13N3. The molecule has 0 radical (unpaired) electrons. The van der Waals surface area contributed by atoms with E-state index in [-0.39, 0.29) is 0 Å². The molecule has 0 aliphatic heterocycles. The van der Waals surface area contributed by atoms with Crippen molar-refractivity contribution in [2.75, 3.05) is 0 Å². The molecule has 12 heavy (non-hydrogen) atoms. The van der Waals surface area contributed by atoms with Gasteiger partial charge in [0.25, 0.3) is 0 Å². The fourth-order valence-electron chi connectivity index (χ4n) is 1.19. The molecule has 1 aromatic rings. The van der Waals surface area contributed by atoms with Gasteiger partial charge >= 0.3 is 0 Å². The van der Waals surface area contributed by atoms with Crippen molar-refractivity contribution in [1.82, 2.24) is 9.55 Å². The monoisotopic (exact) mass is 163 g/mol. The molecule has 1 aromatic heterocycles. The largest absolute Gasteiger partial charge is 0.335 e. The lowest BCUT2D eigenvalue weighted by Gasteiger charge is -2.03. The van der Waals surface area contributed by atoms with Gasteiger partial charge in [0.2, 0.25) is 0 Å². The third-order valence-corrected chi connectivity index (χ3v) is 1.81. The van der Waals surface area contributed by atoms with E-state index in [1.165, 1.54) is 0 Å².